The van der Waals surface area contributed by atoms with E-state index in [4.69, 9.17) is 15.9 Å². The van der Waals surface area contributed by atoms with Crippen molar-refractivity contribution in [1.29, 1.82) is 5.41 Å². The van der Waals surface area contributed by atoms with Crippen LogP contribution in [-0.4, -0.2) is 66.6 Å². The number of hydrogen-bond donors (Lipinski definition) is 2. The third kappa shape index (κ3) is 18.1. The van der Waals surface area contributed by atoms with Gasteiger partial charge >= 0.3 is 35.5 Å². The molecule has 0 rings (SSSR count). The molecule has 6 heteroatoms. The summed E-state index contributed by atoms with van der Waals surface area (Å²) in [5, 5.41) is 7.17. The van der Waals surface area contributed by atoms with Crippen LogP contribution in [0.3, 0.4) is 0 Å². The van der Waals surface area contributed by atoms with Gasteiger partial charge in [-0.1, -0.05) is 77.6 Å². The SMILES string of the molecule is CCCCCCCCCCCCCCOC(=O)CN(C)C(=N)N.[NaH]. The number of nitrogens with zero attached hydrogens (tertiary/aromatic N) is 1. The van der Waals surface area contributed by atoms with Crippen LogP contribution in [0.2, 0.25) is 0 Å². The first-order valence-electron chi connectivity index (χ1n) is 9.28. The summed E-state index contributed by atoms with van der Waals surface area (Å²) >= 11 is 0. The summed E-state index contributed by atoms with van der Waals surface area (Å²) in [4.78, 5) is 12.8. The Balaban J connectivity index is 0. The molecule has 0 aromatic carbocycles. The first-order chi connectivity index (χ1) is 11.1. The van der Waals surface area contributed by atoms with Gasteiger partial charge in [-0.2, -0.15) is 0 Å². The van der Waals surface area contributed by atoms with Crippen LogP contribution in [0.25, 0.3) is 0 Å². The number of likely N-dealkylation sites (N-methyl/N-ethyl adjacent to an activating group) is 1. The predicted octanol–water partition coefficient (Wildman–Crippen LogP) is 3.41. The maximum atomic E-state index is 11.4. The Morgan fingerprint density at radius 1 is 0.917 bits per heavy atom. The van der Waals surface area contributed by atoms with Crippen LogP contribution in [-0.2, 0) is 9.53 Å². The fourth-order valence-electron chi connectivity index (χ4n) is 2.45. The van der Waals surface area contributed by atoms with Crippen LogP contribution in [0, 0.1) is 5.41 Å². The van der Waals surface area contributed by atoms with Crippen LogP contribution >= 0.6 is 0 Å². The van der Waals surface area contributed by atoms with Gasteiger partial charge in [0.1, 0.15) is 6.54 Å². The number of nitrogens with two attached hydrogens (primary N) is 1. The van der Waals surface area contributed by atoms with Gasteiger partial charge in [0.25, 0.3) is 0 Å². The van der Waals surface area contributed by atoms with E-state index in [-0.39, 0.29) is 48.0 Å². The summed E-state index contributed by atoms with van der Waals surface area (Å²) in [7, 11) is 1.60. The molecule has 0 aliphatic rings. The molecule has 0 saturated carbocycles. The van der Waals surface area contributed by atoms with E-state index in [1.807, 2.05) is 0 Å². The zero-order valence-electron chi connectivity index (χ0n) is 15.2. The Kier molecular flexibility index (Phi) is 20.6. The van der Waals surface area contributed by atoms with Crippen molar-refractivity contribution in [3.8, 4) is 0 Å². The van der Waals surface area contributed by atoms with Crippen molar-refractivity contribution in [2.75, 3.05) is 20.2 Å². The Bertz CT molecular complexity index is 315. The second-order valence-electron chi connectivity index (χ2n) is 6.35. The summed E-state index contributed by atoms with van der Waals surface area (Å²) in [6.45, 7) is 2.78. The van der Waals surface area contributed by atoms with Gasteiger partial charge < -0.3 is 15.4 Å². The van der Waals surface area contributed by atoms with E-state index >= 15 is 0 Å². The molecule has 0 amide bonds. The monoisotopic (exact) mass is 351 g/mol. The molecule has 3 N–H and O–H groups in total. The average molecular weight is 352 g/mol. The van der Waals surface area contributed by atoms with Gasteiger partial charge in [-0.15, -0.1) is 0 Å². The van der Waals surface area contributed by atoms with E-state index in [2.05, 4.69) is 6.92 Å². The van der Waals surface area contributed by atoms with Crippen molar-refractivity contribution in [3.63, 3.8) is 0 Å². The standard InChI is InChI=1S/C18H37N3O2.Na.H/c1-3-4-5-6-7-8-9-10-11-12-13-14-15-23-17(22)16-21(2)18(19)20;;/h3-16H2,1-2H3,(H3,19,20);;. The first kappa shape index (κ1) is 26.0. The maximum absolute atomic E-state index is 11.4. The molecule has 0 unspecified atom stereocenters. The zero-order chi connectivity index (χ0) is 17.3. The summed E-state index contributed by atoms with van der Waals surface area (Å²) in [6.07, 6.45) is 15.5. The minimum atomic E-state index is -0.314. The summed E-state index contributed by atoms with van der Waals surface area (Å²) in [5.41, 5.74) is 5.26. The number of hydrogen-bond acceptors (Lipinski definition) is 3. The molecular weight excluding hydrogens is 313 g/mol. The Morgan fingerprint density at radius 2 is 1.33 bits per heavy atom. The van der Waals surface area contributed by atoms with Crippen molar-refractivity contribution in [2.45, 2.75) is 84.0 Å². The molecule has 0 aromatic rings. The fourth-order valence-corrected chi connectivity index (χ4v) is 2.45. The number of carbonyl (C=O) groups excluding carboxylic acids is 1. The zero-order valence-corrected chi connectivity index (χ0v) is 15.2. The number of nitrogens with one attached hydrogen (secondary N) is 1. The van der Waals surface area contributed by atoms with Gasteiger partial charge in [-0.3, -0.25) is 10.2 Å². The van der Waals surface area contributed by atoms with E-state index in [0.717, 1.165) is 12.8 Å². The van der Waals surface area contributed by atoms with Crippen molar-refractivity contribution in [3.05, 3.63) is 0 Å². The number of ether oxygens (including phenoxy) is 1. The number of guanidine groups is 1. The van der Waals surface area contributed by atoms with Gasteiger partial charge in [0.15, 0.2) is 5.96 Å². The average Bonchev–Trinajstić information content (AvgIpc) is 2.51. The Morgan fingerprint density at radius 3 is 1.75 bits per heavy atom. The van der Waals surface area contributed by atoms with Gasteiger partial charge in [0.05, 0.1) is 6.61 Å². The normalized spacial score (nSPS) is 10.1. The Labute approximate surface area is 170 Å². The second-order valence-corrected chi connectivity index (χ2v) is 6.35. The molecule has 0 atom stereocenters. The molecule has 0 spiro atoms. The van der Waals surface area contributed by atoms with Crippen molar-refractivity contribution < 1.29 is 9.53 Å². The molecule has 0 radical (unpaired) electrons. The third-order valence-electron chi connectivity index (χ3n) is 4.04. The number of carbonyl (C=O) groups is 1. The van der Waals surface area contributed by atoms with E-state index < -0.39 is 0 Å². The fraction of sp³-hybridized carbons (Fsp3) is 0.889. The van der Waals surface area contributed by atoms with Gasteiger partial charge in [0.2, 0.25) is 0 Å². The Hall–Kier alpha value is -0.260. The summed E-state index contributed by atoms with van der Waals surface area (Å²) < 4.78 is 5.12. The van der Waals surface area contributed by atoms with E-state index in [1.54, 1.807) is 7.05 Å². The van der Waals surface area contributed by atoms with Crippen molar-refractivity contribution >= 4 is 41.5 Å². The van der Waals surface area contributed by atoms with E-state index in [0.29, 0.717) is 6.61 Å². The molecule has 0 saturated heterocycles. The molecular formula is C18H38N3NaO2. The third-order valence-corrected chi connectivity index (χ3v) is 4.04. The number of rotatable bonds is 15. The molecule has 0 bridgehead atoms. The number of unbranched alkanes of at least 4 members (excludes halogenated alkanes) is 11. The molecule has 0 aliphatic heterocycles. The van der Waals surface area contributed by atoms with E-state index in [9.17, 15) is 4.79 Å². The first-order valence-corrected chi connectivity index (χ1v) is 9.28. The minimum absolute atomic E-state index is 0. The summed E-state index contributed by atoms with van der Waals surface area (Å²) in [6, 6.07) is 0. The predicted molar refractivity (Wildman–Crippen MR) is 104 cm³/mol. The molecule has 24 heavy (non-hydrogen) atoms. The van der Waals surface area contributed by atoms with E-state index in [1.165, 1.54) is 69.1 Å². The van der Waals surface area contributed by atoms with Crippen LogP contribution in [0.15, 0.2) is 0 Å². The molecule has 0 heterocycles. The topological polar surface area (TPSA) is 79.4 Å². The molecule has 5 nitrogen and oxygen atoms in total. The molecule has 0 aromatic heterocycles. The van der Waals surface area contributed by atoms with Gasteiger partial charge in [-0.05, 0) is 6.42 Å². The van der Waals surface area contributed by atoms with Crippen LogP contribution in [0.4, 0.5) is 0 Å². The molecule has 138 valence electrons. The van der Waals surface area contributed by atoms with Gasteiger partial charge in [0, 0.05) is 7.05 Å². The van der Waals surface area contributed by atoms with Crippen molar-refractivity contribution in [1.82, 2.24) is 4.90 Å². The molecule has 0 fully saturated rings. The van der Waals surface area contributed by atoms with Gasteiger partial charge in [-0.25, -0.2) is 0 Å². The number of esters is 1. The second kappa shape index (κ2) is 19.1. The van der Waals surface area contributed by atoms with Crippen LogP contribution < -0.4 is 5.73 Å². The quantitative estimate of drug-likeness (QED) is 0.156. The molecule has 0 aliphatic carbocycles. The van der Waals surface area contributed by atoms with Crippen LogP contribution in [0.1, 0.15) is 84.0 Å². The summed E-state index contributed by atoms with van der Waals surface area (Å²) in [5.74, 6) is -0.432. The van der Waals surface area contributed by atoms with Crippen molar-refractivity contribution in [2.24, 2.45) is 5.73 Å². The van der Waals surface area contributed by atoms with Crippen LogP contribution in [0.5, 0.6) is 0 Å².